The van der Waals surface area contributed by atoms with Gasteiger partial charge in [-0.25, -0.2) is 0 Å². The summed E-state index contributed by atoms with van der Waals surface area (Å²) in [7, 11) is 0. The third-order valence-electron chi connectivity index (χ3n) is 5.81. The van der Waals surface area contributed by atoms with Gasteiger partial charge in [0.2, 0.25) is 11.8 Å². The maximum Gasteiger partial charge on any atom is 0.252 e. The molecule has 0 unspecified atom stereocenters. The van der Waals surface area contributed by atoms with Gasteiger partial charge < -0.3 is 15.1 Å². The van der Waals surface area contributed by atoms with Crippen molar-refractivity contribution in [2.24, 2.45) is 11.8 Å². The first kappa shape index (κ1) is 21.1. The Balaban J connectivity index is 1.43. The number of nitrogens with one attached hydrogen (secondary N) is 1. The summed E-state index contributed by atoms with van der Waals surface area (Å²) in [5.41, 5.74) is 0.580. The molecule has 0 bridgehead atoms. The Bertz CT molecular complexity index is 723. The molecule has 0 aromatic heterocycles. The molecule has 1 N–H and O–H groups in total. The Hall–Kier alpha value is -1.64. The van der Waals surface area contributed by atoms with Gasteiger partial charge in [-0.1, -0.05) is 19.1 Å². The molecule has 0 atom stereocenters. The Morgan fingerprint density at radius 3 is 2.25 bits per heavy atom. The largest absolute Gasteiger partial charge is 0.343 e. The first-order chi connectivity index (χ1) is 13.5. The fourth-order valence-electron chi connectivity index (χ4n) is 3.87. The van der Waals surface area contributed by atoms with E-state index in [2.05, 4.69) is 34.8 Å². The number of halogens is 1. The van der Waals surface area contributed by atoms with Gasteiger partial charge in [-0.15, -0.1) is 0 Å². The molecule has 0 radical (unpaired) electrons. The van der Waals surface area contributed by atoms with Crippen LogP contribution in [0.15, 0.2) is 24.3 Å². The van der Waals surface area contributed by atoms with Gasteiger partial charge in [0.1, 0.15) is 0 Å². The zero-order valence-electron chi connectivity index (χ0n) is 16.3. The Morgan fingerprint density at radius 2 is 1.61 bits per heavy atom. The number of nitrogens with zero attached hydrogens (tertiary/aromatic N) is 2. The van der Waals surface area contributed by atoms with E-state index in [1.165, 1.54) is 0 Å². The van der Waals surface area contributed by atoms with Crippen molar-refractivity contribution in [3.63, 3.8) is 0 Å². The molecule has 0 aliphatic carbocycles. The topological polar surface area (TPSA) is 69.7 Å². The standard InChI is InChI=1S/C21H28IN3O3/c1-15-6-10-25(11-7-15)21(28)16-8-12-24(13-9-16)19(26)14-23-20(27)17-4-2-3-5-18(17)22/h2-5,15-16H,6-14H2,1H3,(H,23,27). The van der Waals surface area contributed by atoms with Gasteiger partial charge in [-0.05, 0) is 66.3 Å². The SMILES string of the molecule is CC1CCN(C(=O)C2CCN(C(=O)CNC(=O)c3ccccc3I)CC2)CC1. The fraction of sp³-hybridized carbons (Fsp3) is 0.571. The summed E-state index contributed by atoms with van der Waals surface area (Å²) in [5.74, 6) is 0.668. The molecule has 2 saturated heterocycles. The Morgan fingerprint density at radius 1 is 1.00 bits per heavy atom. The quantitative estimate of drug-likeness (QED) is 0.651. The molecule has 1 aromatic carbocycles. The number of hydrogen-bond donors (Lipinski definition) is 1. The van der Waals surface area contributed by atoms with Gasteiger partial charge in [-0.3, -0.25) is 14.4 Å². The highest BCUT2D eigenvalue weighted by Gasteiger charge is 2.31. The highest BCUT2D eigenvalue weighted by atomic mass is 127. The van der Waals surface area contributed by atoms with Crippen LogP contribution in [0.1, 0.15) is 43.0 Å². The number of carbonyl (C=O) groups excluding carboxylic acids is 3. The predicted octanol–water partition coefficient (Wildman–Crippen LogP) is 2.52. The van der Waals surface area contributed by atoms with Gasteiger partial charge >= 0.3 is 0 Å². The van der Waals surface area contributed by atoms with Gasteiger partial charge in [-0.2, -0.15) is 0 Å². The molecule has 6 nitrogen and oxygen atoms in total. The van der Waals surface area contributed by atoms with Gasteiger partial charge in [0.15, 0.2) is 0 Å². The molecule has 3 amide bonds. The fourth-order valence-corrected chi connectivity index (χ4v) is 4.50. The lowest BCUT2D eigenvalue weighted by atomic mass is 9.92. The number of hydrogen-bond acceptors (Lipinski definition) is 3. The molecule has 2 aliphatic heterocycles. The zero-order valence-corrected chi connectivity index (χ0v) is 18.5. The molecule has 152 valence electrons. The smallest absolute Gasteiger partial charge is 0.252 e. The summed E-state index contributed by atoms with van der Waals surface area (Å²) in [5, 5.41) is 2.72. The van der Waals surface area contributed by atoms with Crippen molar-refractivity contribution in [2.75, 3.05) is 32.7 Å². The minimum absolute atomic E-state index is 0.00751. The molecule has 2 aliphatic rings. The van der Waals surface area contributed by atoms with Gasteiger partial charge in [0.05, 0.1) is 12.1 Å². The molecule has 3 rings (SSSR count). The minimum atomic E-state index is -0.234. The van der Waals surface area contributed by atoms with Gasteiger partial charge in [0, 0.05) is 35.7 Å². The second kappa shape index (κ2) is 9.71. The van der Waals surface area contributed by atoms with E-state index in [1.807, 2.05) is 23.1 Å². The second-order valence-corrected chi connectivity index (χ2v) is 8.99. The molecule has 0 spiro atoms. The van der Waals surface area contributed by atoms with Crippen molar-refractivity contribution in [1.82, 2.24) is 15.1 Å². The van der Waals surface area contributed by atoms with Crippen LogP contribution in [0, 0.1) is 15.4 Å². The first-order valence-electron chi connectivity index (χ1n) is 10.0. The van der Waals surface area contributed by atoms with E-state index >= 15 is 0 Å². The summed E-state index contributed by atoms with van der Waals surface area (Å²) in [6.07, 6.45) is 3.59. The number of benzene rings is 1. The van der Waals surface area contributed by atoms with Crippen LogP contribution in [0.25, 0.3) is 0 Å². The van der Waals surface area contributed by atoms with Crippen molar-refractivity contribution in [3.05, 3.63) is 33.4 Å². The molecule has 2 fully saturated rings. The second-order valence-electron chi connectivity index (χ2n) is 7.83. The Labute approximate surface area is 180 Å². The van der Waals surface area contributed by atoms with E-state index in [9.17, 15) is 14.4 Å². The van der Waals surface area contributed by atoms with Crippen LogP contribution in [0.5, 0.6) is 0 Å². The van der Waals surface area contributed by atoms with Crippen LogP contribution in [0.2, 0.25) is 0 Å². The number of amides is 3. The number of carbonyl (C=O) groups is 3. The first-order valence-corrected chi connectivity index (χ1v) is 11.1. The Kier molecular flexibility index (Phi) is 7.31. The molecule has 1 aromatic rings. The maximum atomic E-state index is 12.7. The number of likely N-dealkylation sites (tertiary alicyclic amines) is 2. The third kappa shape index (κ3) is 5.24. The van der Waals surface area contributed by atoms with E-state index in [-0.39, 0.29) is 30.2 Å². The van der Waals surface area contributed by atoms with Crippen molar-refractivity contribution in [3.8, 4) is 0 Å². The molecule has 7 heteroatoms. The lowest BCUT2D eigenvalue weighted by molar-refractivity contribution is -0.141. The zero-order chi connectivity index (χ0) is 20.1. The van der Waals surface area contributed by atoms with Crippen LogP contribution in [0.4, 0.5) is 0 Å². The van der Waals surface area contributed by atoms with Crippen molar-refractivity contribution >= 4 is 40.3 Å². The lowest BCUT2D eigenvalue weighted by Gasteiger charge is -2.36. The monoisotopic (exact) mass is 497 g/mol. The molecule has 2 heterocycles. The van der Waals surface area contributed by atoms with E-state index in [1.54, 1.807) is 11.0 Å². The van der Waals surface area contributed by atoms with Crippen LogP contribution in [-0.4, -0.2) is 60.2 Å². The van der Waals surface area contributed by atoms with Crippen LogP contribution in [-0.2, 0) is 9.59 Å². The normalized spacial score (nSPS) is 18.8. The van der Waals surface area contributed by atoms with Crippen LogP contribution in [0.3, 0.4) is 0 Å². The summed E-state index contributed by atoms with van der Waals surface area (Å²) in [6, 6.07) is 7.30. The maximum absolute atomic E-state index is 12.7. The van der Waals surface area contributed by atoms with Crippen molar-refractivity contribution in [2.45, 2.75) is 32.6 Å². The molecule has 0 saturated carbocycles. The van der Waals surface area contributed by atoms with Crippen LogP contribution < -0.4 is 5.32 Å². The minimum Gasteiger partial charge on any atom is -0.343 e. The predicted molar refractivity (Wildman–Crippen MR) is 116 cm³/mol. The number of piperidine rings is 2. The highest BCUT2D eigenvalue weighted by Crippen LogP contribution is 2.23. The van der Waals surface area contributed by atoms with Crippen LogP contribution >= 0.6 is 22.6 Å². The van der Waals surface area contributed by atoms with Crippen molar-refractivity contribution < 1.29 is 14.4 Å². The summed E-state index contributed by atoms with van der Waals surface area (Å²) in [4.78, 5) is 41.2. The van der Waals surface area contributed by atoms with E-state index in [4.69, 9.17) is 0 Å². The molecule has 28 heavy (non-hydrogen) atoms. The van der Waals surface area contributed by atoms with E-state index in [0.717, 1.165) is 29.5 Å². The van der Waals surface area contributed by atoms with Gasteiger partial charge in [0.25, 0.3) is 5.91 Å². The molecular formula is C21H28IN3O3. The van der Waals surface area contributed by atoms with E-state index in [0.29, 0.717) is 37.4 Å². The highest BCUT2D eigenvalue weighted by molar-refractivity contribution is 14.1. The summed E-state index contributed by atoms with van der Waals surface area (Å²) < 4.78 is 0.858. The summed E-state index contributed by atoms with van der Waals surface area (Å²) >= 11 is 2.11. The van der Waals surface area contributed by atoms with Crippen molar-refractivity contribution in [1.29, 1.82) is 0 Å². The third-order valence-corrected chi connectivity index (χ3v) is 6.75. The average molecular weight is 497 g/mol. The average Bonchev–Trinajstić information content (AvgIpc) is 2.72. The number of rotatable bonds is 4. The molecular weight excluding hydrogens is 469 g/mol. The van der Waals surface area contributed by atoms with E-state index < -0.39 is 0 Å². The lowest BCUT2D eigenvalue weighted by Crippen LogP contribution is -2.48. The summed E-state index contributed by atoms with van der Waals surface area (Å²) in [6.45, 7) is 5.12.